The van der Waals surface area contributed by atoms with E-state index in [1.165, 1.54) is 21.8 Å². The molecular formula is C10H13NS. The Morgan fingerprint density at radius 1 is 1.50 bits per heavy atom. The quantitative estimate of drug-likeness (QED) is 0.710. The van der Waals surface area contributed by atoms with Gasteiger partial charge in [0.15, 0.2) is 0 Å². The highest BCUT2D eigenvalue weighted by Gasteiger charge is 2.20. The zero-order valence-corrected chi connectivity index (χ0v) is 8.24. The number of benzene rings is 1. The van der Waals surface area contributed by atoms with Crippen LogP contribution in [0.25, 0.3) is 0 Å². The Morgan fingerprint density at radius 3 is 3.08 bits per heavy atom. The molecule has 0 amide bonds. The largest absolute Gasteiger partial charge is 0.312 e. The first kappa shape index (κ1) is 8.14. The van der Waals surface area contributed by atoms with Gasteiger partial charge in [0.1, 0.15) is 0 Å². The number of rotatable bonds is 1. The second-order valence-corrected chi connectivity index (χ2v) is 4.26. The first-order chi connectivity index (χ1) is 5.81. The van der Waals surface area contributed by atoms with Crippen LogP contribution >= 0.6 is 11.8 Å². The zero-order valence-electron chi connectivity index (χ0n) is 7.42. The van der Waals surface area contributed by atoms with Crippen LogP contribution in [0.15, 0.2) is 23.1 Å². The van der Waals surface area contributed by atoms with Crippen LogP contribution in [0.4, 0.5) is 0 Å². The Bertz CT molecular complexity index is 296. The van der Waals surface area contributed by atoms with Gasteiger partial charge in [0.2, 0.25) is 0 Å². The molecule has 0 radical (unpaired) electrons. The zero-order chi connectivity index (χ0) is 8.55. The fourth-order valence-electron chi connectivity index (χ4n) is 1.57. The molecule has 1 aliphatic rings. The van der Waals surface area contributed by atoms with Gasteiger partial charge < -0.3 is 5.32 Å². The van der Waals surface area contributed by atoms with Crippen molar-refractivity contribution >= 4 is 11.8 Å². The van der Waals surface area contributed by atoms with Crippen LogP contribution in [-0.2, 0) is 0 Å². The van der Waals surface area contributed by atoms with E-state index in [1.54, 1.807) is 0 Å². The Labute approximate surface area is 77.6 Å². The molecule has 0 aromatic heterocycles. The smallest absolute Gasteiger partial charge is 0.0424 e. The van der Waals surface area contributed by atoms with Gasteiger partial charge in [-0.3, -0.25) is 0 Å². The molecule has 12 heavy (non-hydrogen) atoms. The van der Waals surface area contributed by atoms with Crippen LogP contribution < -0.4 is 5.32 Å². The second-order valence-electron chi connectivity index (χ2n) is 3.19. The van der Waals surface area contributed by atoms with Crippen molar-refractivity contribution in [1.82, 2.24) is 5.32 Å². The monoisotopic (exact) mass is 179 g/mol. The molecule has 0 aliphatic carbocycles. The maximum absolute atomic E-state index is 3.33. The van der Waals surface area contributed by atoms with Crippen molar-refractivity contribution in [3.05, 3.63) is 29.3 Å². The second kappa shape index (κ2) is 3.11. The maximum Gasteiger partial charge on any atom is 0.0424 e. The molecule has 0 bridgehead atoms. The van der Waals surface area contributed by atoms with Crippen molar-refractivity contribution in [2.75, 3.05) is 12.8 Å². The third kappa shape index (κ3) is 1.25. The lowest BCUT2D eigenvalue weighted by Crippen LogP contribution is -2.15. The molecule has 1 aromatic carbocycles. The van der Waals surface area contributed by atoms with E-state index in [4.69, 9.17) is 0 Å². The van der Waals surface area contributed by atoms with Gasteiger partial charge >= 0.3 is 0 Å². The average molecular weight is 179 g/mol. The van der Waals surface area contributed by atoms with Crippen LogP contribution in [0, 0.1) is 6.92 Å². The first-order valence-electron chi connectivity index (χ1n) is 4.22. The van der Waals surface area contributed by atoms with Gasteiger partial charge in [-0.25, -0.2) is 0 Å². The Kier molecular flexibility index (Phi) is 2.11. The summed E-state index contributed by atoms with van der Waals surface area (Å²) in [4.78, 5) is 1.44. The lowest BCUT2D eigenvalue weighted by molar-refractivity contribution is 0.663. The van der Waals surface area contributed by atoms with E-state index in [-0.39, 0.29) is 0 Å². The Hall–Kier alpha value is -0.470. The van der Waals surface area contributed by atoms with E-state index in [0.717, 1.165) is 0 Å². The predicted octanol–water partition coefficient (Wildman–Crippen LogP) is 2.36. The normalized spacial score (nSPS) is 21.0. The van der Waals surface area contributed by atoms with Gasteiger partial charge in [-0.05, 0) is 25.6 Å². The van der Waals surface area contributed by atoms with Crippen LogP contribution in [-0.4, -0.2) is 12.8 Å². The summed E-state index contributed by atoms with van der Waals surface area (Å²) in [7, 11) is 2.03. The fraction of sp³-hybridized carbons (Fsp3) is 0.400. The van der Waals surface area contributed by atoms with Crippen molar-refractivity contribution < 1.29 is 0 Å². The Balaban J connectivity index is 2.42. The molecule has 0 saturated heterocycles. The number of fused-ring (bicyclic) bond motifs is 1. The summed E-state index contributed by atoms with van der Waals surface area (Å²) in [6.45, 7) is 2.15. The topological polar surface area (TPSA) is 12.0 Å². The molecule has 0 fully saturated rings. The summed E-state index contributed by atoms with van der Waals surface area (Å²) >= 11 is 1.95. The third-order valence-electron chi connectivity index (χ3n) is 2.29. The minimum atomic E-state index is 0.560. The van der Waals surface area contributed by atoms with E-state index in [2.05, 4.69) is 30.4 Å². The molecule has 1 unspecified atom stereocenters. The highest BCUT2D eigenvalue weighted by molar-refractivity contribution is 7.99. The van der Waals surface area contributed by atoms with Gasteiger partial charge in [0, 0.05) is 16.7 Å². The molecule has 1 aromatic rings. The van der Waals surface area contributed by atoms with Gasteiger partial charge in [-0.15, -0.1) is 11.8 Å². The first-order valence-corrected chi connectivity index (χ1v) is 5.20. The van der Waals surface area contributed by atoms with Crippen LogP contribution in [0.3, 0.4) is 0 Å². The summed E-state index contributed by atoms with van der Waals surface area (Å²) in [6, 6.07) is 7.26. The van der Waals surface area contributed by atoms with E-state index in [1.807, 2.05) is 18.8 Å². The highest BCUT2D eigenvalue weighted by atomic mass is 32.2. The predicted molar refractivity (Wildman–Crippen MR) is 53.7 cm³/mol. The lowest BCUT2D eigenvalue weighted by atomic mass is 10.1. The van der Waals surface area contributed by atoms with Crippen LogP contribution in [0.5, 0.6) is 0 Å². The summed E-state index contributed by atoms with van der Waals surface area (Å²) < 4.78 is 0. The molecule has 1 nitrogen and oxygen atoms in total. The summed E-state index contributed by atoms with van der Waals surface area (Å²) in [5, 5.41) is 3.33. The minimum Gasteiger partial charge on any atom is -0.312 e. The van der Waals surface area contributed by atoms with Gasteiger partial charge in [0.25, 0.3) is 0 Å². The Morgan fingerprint density at radius 2 is 2.33 bits per heavy atom. The van der Waals surface area contributed by atoms with Crippen LogP contribution in [0.1, 0.15) is 17.2 Å². The SMILES string of the molecule is CNC1CSc2ccc(C)cc21. The van der Waals surface area contributed by atoms with Gasteiger partial charge in [0.05, 0.1) is 0 Å². The number of thioether (sulfide) groups is 1. The van der Waals surface area contributed by atoms with E-state index in [0.29, 0.717) is 6.04 Å². The number of nitrogens with one attached hydrogen (secondary N) is 1. The lowest BCUT2D eigenvalue weighted by Gasteiger charge is -2.08. The molecule has 1 atom stereocenters. The standard InChI is InChI=1S/C10H13NS/c1-7-3-4-10-8(5-7)9(11-2)6-12-10/h3-5,9,11H,6H2,1-2H3. The van der Waals surface area contributed by atoms with E-state index >= 15 is 0 Å². The summed E-state index contributed by atoms with van der Waals surface area (Å²) in [5.41, 5.74) is 2.83. The molecule has 1 heterocycles. The summed E-state index contributed by atoms with van der Waals surface area (Å²) in [6.07, 6.45) is 0. The van der Waals surface area contributed by atoms with E-state index < -0.39 is 0 Å². The molecular weight excluding hydrogens is 166 g/mol. The number of hydrogen-bond acceptors (Lipinski definition) is 2. The fourth-order valence-corrected chi connectivity index (χ4v) is 2.80. The van der Waals surface area contributed by atoms with Crippen molar-refractivity contribution in [3.63, 3.8) is 0 Å². The summed E-state index contributed by atoms with van der Waals surface area (Å²) in [5.74, 6) is 1.18. The van der Waals surface area contributed by atoms with Crippen molar-refractivity contribution in [2.24, 2.45) is 0 Å². The van der Waals surface area contributed by atoms with Gasteiger partial charge in [-0.2, -0.15) is 0 Å². The molecule has 1 aliphatic heterocycles. The molecule has 0 spiro atoms. The van der Waals surface area contributed by atoms with E-state index in [9.17, 15) is 0 Å². The molecule has 1 N–H and O–H groups in total. The highest BCUT2D eigenvalue weighted by Crippen LogP contribution is 2.37. The van der Waals surface area contributed by atoms with Crippen molar-refractivity contribution in [1.29, 1.82) is 0 Å². The molecule has 2 rings (SSSR count). The number of hydrogen-bond donors (Lipinski definition) is 1. The van der Waals surface area contributed by atoms with Crippen molar-refractivity contribution in [3.8, 4) is 0 Å². The molecule has 2 heteroatoms. The average Bonchev–Trinajstić information content (AvgIpc) is 2.46. The minimum absolute atomic E-state index is 0.560. The maximum atomic E-state index is 3.33. The number of aryl methyl sites for hydroxylation is 1. The molecule has 64 valence electrons. The van der Waals surface area contributed by atoms with Crippen molar-refractivity contribution in [2.45, 2.75) is 17.9 Å². The van der Waals surface area contributed by atoms with Crippen LogP contribution in [0.2, 0.25) is 0 Å². The molecule has 0 saturated carbocycles. The van der Waals surface area contributed by atoms with Gasteiger partial charge in [-0.1, -0.05) is 17.7 Å². The third-order valence-corrected chi connectivity index (χ3v) is 3.48.